The van der Waals surface area contributed by atoms with Crippen molar-refractivity contribution in [3.63, 3.8) is 0 Å². The zero-order chi connectivity index (χ0) is 18.1. The maximum absolute atomic E-state index is 13.0. The van der Waals surface area contributed by atoms with Crippen molar-refractivity contribution in [3.05, 3.63) is 70.2 Å². The minimum absolute atomic E-state index is 0.0421. The second-order valence-corrected chi connectivity index (χ2v) is 7.38. The lowest BCUT2D eigenvalue weighted by Crippen LogP contribution is -2.39. The summed E-state index contributed by atoms with van der Waals surface area (Å²) in [5.41, 5.74) is 3.45. The summed E-state index contributed by atoms with van der Waals surface area (Å²) < 4.78 is 1.05. The number of rotatable bonds is 2. The van der Waals surface area contributed by atoms with Gasteiger partial charge in [0.05, 0.1) is 16.3 Å². The molecule has 1 aromatic heterocycles. The van der Waals surface area contributed by atoms with E-state index in [2.05, 4.69) is 23.2 Å². The number of carbonyl (C=O) groups excluding carboxylic acids is 1. The molecule has 1 aliphatic heterocycles. The standard InChI is InChI=1S/C21H17N3OS/c1-14-17-7-3-2-6-15(17)10-11-24(14)21(25)16(13-22)12-20-23-18-8-4-5-9-19(18)26-20/h2-9,12,14H,10-11H2,1H3/b16-12+. The van der Waals surface area contributed by atoms with E-state index in [1.54, 1.807) is 11.0 Å². The van der Waals surface area contributed by atoms with Gasteiger partial charge in [0.25, 0.3) is 5.91 Å². The second kappa shape index (κ2) is 6.74. The highest BCUT2D eigenvalue weighted by atomic mass is 32.1. The number of nitriles is 1. The van der Waals surface area contributed by atoms with Crippen molar-refractivity contribution in [1.82, 2.24) is 9.88 Å². The largest absolute Gasteiger partial charge is 0.331 e. The Morgan fingerprint density at radius 3 is 2.85 bits per heavy atom. The summed E-state index contributed by atoms with van der Waals surface area (Å²) in [5, 5.41) is 10.2. The third kappa shape index (κ3) is 2.89. The Kier molecular flexibility index (Phi) is 4.27. The number of para-hydroxylation sites is 1. The number of thiazole rings is 1. The fourth-order valence-electron chi connectivity index (χ4n) is 3.42. The van der Waals surface area contributed by atoms with E-state index in [9.17, 15) is 10.1 Å². The maximum Gasteiger partial charge on any atom is 0.265 e. The van der Waals surface area contributed by atoms with E-state index >= 15 is 0 Å². The number of aromatic nitrogens is 1. The molecule has 0 saturated carbocycles. The Bertz CT molecular complexity index is 1030. The summed E-state index contributed by atoms with van der Waals surface area (Å²) >= 11 is 1.49. The van der Waals surface area contributed by atoms with E-state index < -0.39 is 0 Å². The molecular formula is C21H17N3OS. The average Bonchev–Trinajstić information content (AvgIpc) is 3.08. The smallest absolute Gasteiger partial charge is 0.265 e. The third-order valence-corrected chi connectivity index (χ3v) is 5.77. The first-order valence-electron chi connectivity index (χ1n) is 8.53. The van der Waals surface area contributed by atoms with E-state index in [4.69, 9.17) is 0 Å². The van der Waals surface area contributed by atoms with Gasteiger partial charge in [0.2, 0.25) is 0 Å². The Hall–Kier alpha value is -2.97. The fourth-order valence-corrected chi connectivity index (χ4v) is 4.33. The van der Waals surface area contributed by atoms with Crippen LogP contribution in [0.15, 0.2) is 54.1 Å². The molecule has 4 rings (SSSR count). The van der Waals surface area contributed by atoms with Crippen LogP contribution in [0.3, 0.4) is 0 Å². The zero-order valence-corrected chi connectivity index (χ0v) is 15.2. The lowest BCUT2D eigenvalue weighted by Gasteiger charge is -2.35. The molecule has 4 nitrogen and oxygen atoms in total. The van der Waals surface area contributed by atoms with Crippen LogP contribution >= 0.6 is 11.3 Å². The number of nitrogens with zero attached hydrogens (tertiary/aromatic N) is 3. The van der Waals surface area contributed by atoms with Crippen LogP contribution in [0.2, 0.25) is 0 Å². The maximum atomic E-state index is 13.0. The van der Waals surface area contributed by atoms with Crippen LogP contribution in [0.25, 0.3) is 16.3 Å². The molecule has 5 heteroatoms. The van der Waals surface area contributed by atoms with E-state index in [-0.39, 0.29) is 17.5 Å². The molecule has 0 N–H and O–H groups in total. The lowest BCUT2D eigenvalue weighted by molar-refractivity contribution is -0.129. The SMILES string of the molecule is CC1c2ccccc2CCN1C(=O)/C(C#N)=C/c1nc2ccccc2s1. The van der Waals surface area contributed by atoms with Gasteiger partial charge in [-0.3, -0.25) is 4.79 Å². The van der Waals surface area contributed by atoms with Crippen LogP contribution in [-0.2, 0) is 11.2 Å². The van der Waals surface area contributed by atoms with Crippen molar-refractivity contribution >= 4 is 33.5 Å². The summed E-state index contributed by atoms with van der Waals surface area (Å²) in [6.45, 7) is 2.64. The van der Waals surface area contributed by atoms with Gasteiger partial charge in [0, 0.05) is 6.54 Å². The highest BCUT2D eigenvalue weighted by Gasteiger charge is 2.29. The molecule has 0 radical (unpaired) electrons. The van der Waals surface area contributed by atoms with Crippen LogP contribution in [0, 0.1) is 11.3 Å². The molecule has 0 spiro atoms. The minimum Gasteiger partial charge on any atom is -0.331 e. The minimum atomic E-state index is -0.228. The highest BCUT2D eigenvalue weighted by molar-refractivity contribution is 7.19. The molecule has 1 atom stereocenters. The molecule has 128 valence electrons. The molecule has 0 saturated heterocycles. The van der Waals surface area contributed by atoms with Gasteiger partial charge in [0.1, 0.15) is 16.6 Å². The summed E-state index contributed by atoms with van der Waals surface area (Å²) in [7, 11) is 0. The number of benzene rings is 2. The van der Waals surface area contributed by atoms with Crippen molar-refractivity contribution in [3.8, 4) is 6.07 Å². The average molecular weight is 359 g/mol. The summed E-state index contributed by atoms with van der Waals surface area (Å²) in [6, 6.07) is 18.0. The lowest BCUT2D eigenvalue weighted by atomic mass is 9.93. The van der Waals surface area contributed by atoms with Crippen molar-refractivity contribution < 1.29 is 4.79 Å². The van der Waals surface area contributed by atoms with Crippen molar-refractivity contribution in [2.24, 2.45) is 0 Å². The van der Waals surface area contributed by atoms with Crippen LogP contribution in [0.1, 0.15) is 29.1 Å². The van der Waals surface area contributed by atoms with E-state index in [1.165, 1.54) is 16.9 Å². The molecule has 1 aliphatic rings. The number of hydrogen-bond donors (Lipinski definition) is 0. The summed E-state index contributed by atoms with van der Waals surface area (Å²) in [4.78, 5) is 19.3. The van der Waals surface area contributed by atoms with Crippen LogP contribution in [0.5, 0.6) is 0 Å². The van der Waals surface area contributed by atoms with E-state index in [1.807, 2.05) is 43.3 Å². The van der Waals surface area contributed by atoms with Gasteiger partial charge in [-0.05, 0) is 42.7 Å². The number of amides is 1. The van der Waals surface area contributed by atoms with Gasteiger partial charge in [-0.25, -0.2) is 4.98 Å². The van der Waals surface area contributed by atoms with Crippen molar-refractivity contribution in [1.29, 1.82) is 5.26 Å². The van der Waals surface area contributed by atoms with Gasteiger partial charge in [0.15, 0.2) is 0 Å². The molecule has 1 unspecified atom stereocenters. The van der Waals surface area contributed by atoms with Gasteiger partial charge in [-0.2, -0.15) is 5.26 Å². The quantitative estimate of drug-likeness (QED) is 0.505. The van der Waals surface area contributed by atoms with Crippen LogP contribution < -0.4 is 0 Å². The Labute approximate surface area is 156 Å². The van der Waals surface area contributed by atoms with Gasteiger partial charge >= 0.3 is 0 Å². The molecule has 2 heterocycles. The first kappa shape index (κ1) is 16.5. The Morgan fingerprint density at radius 2 is 2.04 bits per heavy atom. The number of carbonyl (C=O) groups is 1. The predicted molar refractivity (Wildman–Crippen MR) is 103 cm³/mol. The normalized spacial score (nSPS) is 17.0. The summed E-state index contributed by atoms with van der Waals surface area (Å²) in [5.74, 6) is -0.228. The fraction of sp³-hybridized carbons (Fsp3) is 0.190. The third-order valence-electron chi connectivity index (χ3n) is 4.78. The van der Waals surface area contributed by atoms with Crippen molar-refractivity contribution in [2.45, 2.75) is 19.4 Å². The molecular weight excluding hydrogens is 342 g/mol. The molecule has 2 aromatic carbocycles. The van der Waals surface area contributed by atoms with Crippen LogP contribution in [0.4, 0.5) is 0 Å². The van der Waals surface area contributed by atoms with Crippen LogP contribution in [-0.4, -0.2) is 22.3 Å². The monoisotopic (exact) mass is 359 g/mol. The van der Waals surface area contributed by atoms with E-state index in [0.29, 0.717) is 11.6 Å². The molecule has 3 aromatic rings. The number of hydrogen-bond acceptors (Lipinski definition) is 4. The first-order chi connectivity index (χ1) is 12.7. The Morgan fingerprint density at radius 1 is 1.27 bits per heavy atom. The second-order valence-electron chi connectivity index (χ2n) is 6.31. The van der Waals surface area contributed by atoms with Gasteiger partial charge in [-0.15, -0.1) is 11.3 Å². The first-order valence-corrected chi connectivity index (χ1v) is 9.35. The van der Waals surface area contributed by atoms with E-state index in [0.717, 1.165) is 22.2 Å². The topological polar surface area (TPSA) is 57.0 Å². The molecule has 0 bridgehead atoms. The Balaban J connectivity index is 1.64. The molecule has 0 fully saturated rings. The van der Waals surface area contributed by atoms with Gasteiger partial charge < -0.3 is 4.90 Å². The predicted octanol–water partition coefficient (Wildman–Crippen LogP) is 4.35. The zero-order valence-electron chi connectivity index (χ0n) is 14.3. The molecule has 0 aliphatic carbocycles. The summed E-state index contributed by atoms with van der Waals surface area (Å²) in [6.07, 6.45) is 2.42. The molecule has 1 amide bonds. The van der Waals surface area contributed by atoms with Crippen molar-refractivity contribution in [2.75, 3.05) is 6.54 Å². The highest BCUT2D eigenvalue weighted by Crippen LogP contribution is 2.31. The molecule has 26 heavy (non-hydrogen) atoms. The number of fused-ring (bicyclic) bond motifs is 2. The van der Waals surface area contributed by atoms with Gasteiger partial charge in [-0.1, -0.05) is 36.4 Å².